The third-order valence-electron chi connectivity index (χ3n) is 3.68. The number of nitrogens with zero attached hydrogens (tertiary/aromatic N) is 2. The van der Waals surface area contributed by atoms with Crippen molar-refractivity contribution in [1.29, 1.82) is 0 Å². The molecule has 0 aromatic carbocycles. The van der Waals surface area contributed by atoms with Crippen molar-refractivity contribution in [3.63, 3.8) is 0 Å². The first-order valence-electron chi connectivity index (χ1n) is 5.93. The summed E-state index contributed by atoms with van der Waals surface area (Å²) in [7, 11) is 0. The van der Waals surface area contributed by atoms with Crippen LogP contribution < -0.4 is 5.73 Å². The van der Waals surface area contributed by atoms with Crippen LogP contribution in [0.5, 0.6) is 0 Å². The molecular weight excluding hydrogens is 190 g/mol. The number of hydrogen-bond donors (Lipinski definition) is 1. The monoisotopic (exact) mass is 211 g/mol. The van der Waals surface area contributed by atoms with E-state index in [2.05, 4.69) is 16.7 Å². The number of fused-ring (bicyclic) bond motifs is 1. The summed E-state index contributed by atoms with van der Waals surface area (Å²) in [5, 5.41) is 0. The van der Waals surface area contributed by atoms with Crippen LogP contribution in [-0.2, 0) is 4.79 Å². The Morgan fingerprint density at radius 3 is 2.93 bits per heavy atom. The molecule has 2 N–H and O–H groups in total. The molecule has 2 rings (SSSR count). The second-order valence-corrected chi connectivity index (χ2v) is 4.89. The SMILES string of the molecule is CC1CN2CCCCC2CN1CC(N)=O. The van der Waals surface area contributed by atoms with Gasteiger partial charge in [0.05, 0.1) is 6.54 Å². The summed E-state index contributed by atoms with van der Waals surface area (Å²) in [6, 6.07) is 1.13. The molecule has 0 bridgehead atoms. The zero-order valence-electron chi connectivity index (χ0n) is 9.48. The smallest absolute Gasteiger partial charge is 0.231 e. The molecule has 86 valence electrons. The quantitative estimate of drug-likeness (QED) is 0.701. The molecule has 0 aromatic heterocycles. The molecule has 0 saturated carbocycles. The van der Waals surface area contributed by atoms with Gasteiger partial charge in [0.25, 0.3) is 0 Å². The fraction of sp³-hybridized carbons (Fsp3) is 0.909. The minimum atomic E-state index is -0.203. The van der Waals surface area contributed by atoms with Crippen molar-refractivity contribution in [2.24, 2.45) is 5.73 Å². The normalized spacial score (nSPS) is 33.7. The van der Waals surface area contributed by atoms with Crippen LogP contribution in [0.15, 0.2) is 0 Å². The lowest BCUT2D eigenvalue weighted by Gasteiger charge is -2.47. The number of piperazine rings is 1. The summed E-state index contributed by atoms with van der Waals surface area (Å²) in [5.41, 5.74) is 5.26. The molecule has 1 amide bonds. The standard InChI is InChI=1S/C11H21N3O/c1-9-6-13-5-3-2-4-10(13)7-14(9)8-11(12)15/h9-10H,2-8H2,1H3,(H2,12,15). The molecular formula is C11H21N3O. The van der Waals surface area contributed by atoms with E-state index in [1.165, 1.54) is 25.8 Å². The highest BCUT2D eigenvalue weighted by atomic mass is 16.1. The first-order chi connectivity index (χ1) is 7.16. The number of carbonyl (C=O) groups excluding carboxylic acids is 1. The topological polar surface area (TPSA) is 49.6 Å². The van der Waals surface area contributed by atoms with Crippen molar-refractivity contribution in [3.8, 4) is 0 Å². The lowest BCUT2D eigenvalue weighted by atomic mass is 9.97. The molecule has 2 unspecified atom stereocenters. The van der Waals surface area contributed by atoms with Crippen LogP contribution in [0.4, 0.5) is 0 Å². The second kappa shape index (κ2) is 4.49. The molecule has 2 aliphatic heterocycles. The number of carbonyl (C=O) groups is 1. The number of hydrogen-bond acceptors (Lipinski definition) is 3. The predicted octanol–water partition coefficient (Wildman–Crippen LogP) is 0.0303. The van der Waals surface area contributed by atoms with Crippen LogP contribution in [0.2, 0.25) is 0 Å². The third-order valence-corrected chi connectivity index (χ3v) is 3.68. The summed E-state index contributed by atoms with van der Waals surface area (Å²) in [4.78, 5) is 15.7. The fourth-order valence-corrected chi connectivity index (χ4v) is 2.83. The van der Waals surface area contributed by atoms with Gasteiger partial charge in [-0.3, -0.25) is 14.6 Å². The summed E-state index contributed by atoms with van der Waals surface area (Å²) >= 11 is 0. The third kappa shape index (κ3) is 2.49. The predicted molar refractivity (Wildman–Crippen MR) is 59.4 cm³/mol. The van der Waals surface area contributed by atoms with Gasteiger partial charge in [-0.1, -0.05) is 6.42 Å². The van der Waals surface area contributed by atoms with Crippen LogP contribution in [-0.4, -0.2) is 54.0 Å². The Labute approximate surface area is 91.4 Å². The van der Waals surface area contributed by atoms with Crippen molar-refractivity contribution in [2.45, 2.75) is 38.3 Å². The lowest BCUT2D eigenvalue weighted by Crippen LogP contribution is -2.59. The lowest BCUT2D eigenvalue weighted by molar-refractivity contribution is -0.121. The highest BCUT2D eigenvalue weighted by molar-refractivity contribution is 5.76. The zero-order chi connectivity index (χ0) is 10.8. The largest absolute Gasteiger partial charge is 0.369 e. The van der Waals surface area contributed by atoms with Crippen molar-refractivity contribution in [1.82, 2.24) is 9.80 Å². The first-order valence-corrected chi connectivity index (χ1v) is 5.93. The van der Waals surface area contributed by atoms with Gasteiger partial charge in [-0.15, -0.1) is 0 Å². The number of rotatable bonds is 2. The molecule has 0 radical (unpaired) electrons. The van der Waals surface area contributed by atoms with E-state index in [1.807, 2.05) is 0 Å². The van der Waals surface area contributed by atoms with Gasteiger partial charge in [0.2, 0.25) is 5.91 Å². The Hall–Kier alpha value is -0.610. The molecule has 2 atom stereocenters. The Balaban J connectivity index is 1.95. The number of piperidine rings is 1. The van der Waals surface area contributed by atoms with E-state index in [0.717, 1.165) is 13.1 Å². The van der Waals surface area contributed by atoms with E-state index in [1.54, 1.807) is 0 Å². The average Bonchev–Trinajstić information content (AvgIpc) is 2.18. The van der Waals surface area contributed by atoms with Gasteiger partial charge in [-0.05, 0) is 26.3 Å². The zero-order valence-corrected chi connectivity index (χ0v) is 9.48. The summed E-state index contributed by atoms with van der Waals surface area (Å²) in [5.74, 6) is -0.203. The van der Waals surface area contributed by atoms with Crippen molar-refractivity contribution in [3.05, 3.63) is 0 Å². The minimum absolute atomic E-state index is 0.203. The van der Waals surface area contributed by atoms with E-state index >= 15 is 0 Å². The Bertz CT molecular complexity index is 244. The van der Waals surface area contributed by atoms with Crippen LogP contribution in [0.25, 0.3) is 0 Å². The fourth-order valence-electron chi connectivity index (χ4n) is 2.83. The molecule has 0 spiro atoms. The Kier molecular flexibility index (Phi) is 3.26. The van der Waals surface area contributed by atoms with Gasteiger partial charge in [0.15, 0.2) is 0 Å². The maximum absolute atomic E-state index is 10.9. The summed E-state index contributed by atoms with van der Waals surface area (Å²) in [6.07, 6.45) is 3.95. The van der Waals surface area contributed by atoms with E-state index in [4.69, 9.17) is 5.73 Å². The van der Waals surface area contributed by atoms with Gasteiger partial charge < -0.3 is 5.73 Å². The molecule has 15 heavy (non-hydrogen) atoms. The summed E-state index contributed by atoms with van der Waals surface area (Å²) in [6.45, 7) is 5.96. The highest BCUT2D eigenvalue weighted by Crippen LogP contribution is 2.23. The van der Waals surface area contributed by atoms with Crippen LogP contribution in [0.1, 0.15) is 26.2 Å². The maximum atomic E-state index is 10.9. The van der Waals surface area contributed by atoms with Gasteiger partial charge in [-0.2, -0.15) is 0 Å². The Morgan fingerprint density at radius 1 is 1.40 bits per heavy atom. The number of primary amides is 1. The van der Waals surface area contributed by atoms with Crippen molar-refractivity contribution >= 4 is 5.91 Å². The molecule has 4 nitrogen and oxygen atoms in total. The van der Waals surface area contributed by atoms with Gasteiger partial charge in [0, 0.05) is 25.2 Å². The molecule has 2 fully saturated rings. The number of nitrogens with two attached hydrogens (primary N) is 1. The molecule has 0 aliphatic carbocycles. The van der Waals surface area contributed by atoms with Crippen LogP contribution in [0.3, 0.4) is 0 Å². The molecule has 2 saturated heterocycles. The van der Waals surface area contributed by atoms with E-state index < -0.39 is 0 Å². The van der Waals surface area contributed by atoms with Crippen LogP contribution >= 0.6 is 0 Å². The van der Waals surface area contributed by atoms with Crippen molar-refractivity contribution in [2.75, 3.05) is 26.2 Å². The van der Waals surface area contributed by atoms with E-state index in [0.29, 0.717) is 18.6 Å². The van der Waals surface area contributed by atoms with Gasteiger partial charge >= 0.3 is 0 Å². The second-order valence-electron chi connectivity index (χ2n) is 4.89. The van der Waals surface area contributed by atoms with Gasteiger partial charge in [0.1, 0.15) is 0 Å². The first kappa shape index (κ1) is 10.9. The molecule has 0 aromatic rings. The minimum Gasteiger partial charge on any atom is -0.369 e. The molecule has 2 heterocycles. The molecule has 4 heteroatoms. The molecule has 2 aliphatic rings. The number of amides is 1. The van der Waals surface area contributed by atoms with E-state index in [9.17, 15) is 4.79 Å². The van der Waals surface area contributed by atoms with Crippen LogP contribution in [0, 0.1) is 0 Å². The summed E-state index contributed by atoms with van der Waals surface area (Å²) < 4.78 is 0. The van der Waals surface area contributed by atoms with Gasteiger partial charge in [-0.25, -0.2) is 0 Å². The Morgan fingerprint density at radius 2 is 2.20 bits per heavy atom. The highest BCUT2D eigenvalue weighted by Gasteiger charge is 2.33. The van der Waals surface area contributed by atoms with Crippen molar-refractivity contribution < 1.29 is 4.79 Å². The van der Waals surface area contributed by atoms with E-state index in [-0.39, 0.29) is 5.91 Å². The average molecular weight is 211 g/mol. The maximum Gasteiger partial charge on any atom is 0.231 e.